The van der Waals surface area contributed by atoms with Crippen molar-refractivity contribution < 1.29 is 22.0 Å². The van der Waals surface area contributed by atoms with Gasteiger partial charge in [0.1, 0.15) is 29.2 Å². The van der Waals surface area contributed by atoms with Gasteiger partial charge >= 0.3 is 0 Å². The van der Waals surface area contributed by atoms with E-state index < -0.39 is 32.5 Å². The van der Waals surface area contributed by atoms with Crippen LogP contribution >= 0.6 is 0 Å². The molecule has 0 unspecified atom stereocenters. The van der Waals surface area contributed by atoms with Crippen molar-refractivity contribution in [3.8, 4) is 5.82 Å². The largest absolute Gasteiger partial charge is 0.323 e. The van der Waals surface area contributed by atoms with Crippen LogP contribution in [-0.4, -0.2) is 51.5 Å². The molecule has 1 amide bonds. The lowest BCUT2D eigenvalue weighted by Gasteiger charge is -2.30. The van der Waals surface area contributed by atoms with Gasteiger partial charge in [-0.15, -0.1) is 0 Å². The van der Waals surface area contributed by atoms with Crippen molar-refractivity contribution in [3.63, 3.8) is 0 Å². The number of hydrogen-bond acceptors (Lipinski definition) is 6. The minimum atomic E-state index is -4.20. The number of rotatable bonds is 5. The summed E-state index contributed by atoms with van der Waals surface area (Å²) < 4.78 is 55.3. The van der Waals surface area contributed by atoms with E-state index in [2.05, 4.69) is 20.4 Å². The molecule has 1 aliphatic rings. The van der Waals surface area contributed by atoms with Crippen LogP contribution in [-0.2, 0) is 14.8 Å². The highest BCUT2D eigenvalue weighted by Crippen LogP contribution is 2.27. The second kappa shape index (κ2) is 8.47. The summed E-state index contributed by atoms with van der Waals surface area (Å²) in [7, 11) is -4.20. The first-order chi connectivity index (χ1) is 14.9. The summed E-state index contributed by atoms with van der Waals surface area (Å²) in [6.45, 7) is 0.0265. The number of halogens is 2. The topological polar surface area (TPSA) is 110 Å². The number of nitrogens with one attached hydrogen (secondary N) is 1. The van der Waals surface area contributed by atoms with Crippen LogP contribution in [0.1, 0.15) is 12.8 Å². The van der Waals surface area contributed by atoms with E-state index in [1.54, 1.807) is 18.3 Å². The van der Waals surface area contributed by atoms with Crippen molar-refractivity contribution in [2.75, 3.05) is 18.4 Å². The third kappa shape index (κ3) is 4.30. The first-order valence-electron chi connectivity index (χ1n) is 9.42. The SMILES string of the molecule is O=C(Nc1cccnc1-n1cncn1)C1CCN(S(=O)(=O)c2cc(F)ccc2F)CC1. The molecule has 1 saturated heterocycles. The van der Waals surface area contributed by atoms with E-state index in [0.717, 1.165) is 16.4 Å². The van der Waals surface area contributed by atoms with Crippen LogP contribution in [0.5, 0.6) is 0 Å². The van der Waals surface area contributed by atoms with Gasteiger partial charge in [0.15, 0.2) is 5.82 Å². The van der Waals surface area contributed by atoms with Crippen LogP contribution in [0.25, 0.3) is 5.82 Å². The van der Waals surface area contributed by atoms with Crippen molar-refractivity contribution in [1.82, 2.24) is 24.1 Å². The highest BCUT2D eigenvalue weighted by Gasteiger charge is 2.34. The van der Waals surface area contributed by atoms with Gasteiger partial charge in [-0.25, -0.2) is 31.8 Å². The first kappa shape index (κ1) is 21.0. The number of hydrogen-bond donors (Lipinski definition) is 1. The molecule has 0 atom stereocenters. The molecule has 0 spiro atoms. The summed E-state index contributed by atoms with van der Waals surface area (Å²) in [5, 5.41) is 6.81. The first-order valence-corrected chi connectivity index (χ1v) is 10.9. The van der Waals surface area contributed by atoms with Crippen molar-refractivity contribution >= 4 is 21.6 Å². The summed E-state index contributed by atoms with van der Waals surface area (Å²) in [4.78, 5) is 20.1. The third-order valence-electron chi connectivity index (χ3n) is 5.02. The Balaban J connectivity index is 1.44. The van der Waals surface area contributed by atoms with Gasteiger partial charge in [-0.2, -0.15) is 9.40 Å². The predicted octanol–water partition coefficient (Wildman–Crippen LogP) is 1.98. The second-order valence-electron chi connectivity index (χ2n) is 6.96. The van der Waals surface area contributed by atoms with E-state index in [4.69, 9.17) is 0 Å². The molecule has 162 valence electrons. The summed E-state index contributed by atoms with van der Waals surface area (Å²) in [5.74, 6) is -2.20. The van der Waals surface area contributed by atoms with Crippen molar-refractivity contribution in [2.24, 2.45) is 5.92 Å². The number of amides is 1. The van der Waals surface area contributed by atoms with Gasteiger partial charge < -0.3 is 5.32 Å². The van der Waals surface area contributed by atoms with Gasteiger partial charge in [-0.05, 0) is 43.2 Å². The molecule has 0 bridgehead atoms. The zero-order valence-corrected chi connectivity index (χ0v) is 17.0. The third-order valence-corrected chi connectivity index (χ3v) is 6.93. The van der Waals surface area contributed by atoms with Crippen molar-refractivity contribution in [2.45, 2.75) is 17.7 Å². The lowest BCUT2D eigenvalue weighted by molar-refractivity contribution is -0.120. The lowest BCUT2D eigenvalue weighted by Crippen LogP contribution is -2.41. The minimum Gasteiger partial charge on any atom is -0.323 e. The summed E-state index contributed by atoms with van der Waals surface area (Å²) in [5.41, 5.74) is 0.440. The molecule has 4 rings (SSSR count). The van der Waals surface area contributed by atoms with E-state index in [-0.39, 0.29) is 31.8 Å². The average molecular weight is 448 g/mol. The molecule has 1 fully saturated rings. The zero-order valence-electron chi connectivity index (χ0n) is 16.1. The number of nitrogens with zero attached hydrogens (tertiary/aromatic N) is 5. The number of benzene rings is 1. The molecular weight excluding hydrogens is 430 g/mol. The fourth-order valence-electron chi connectivity index (χ4n) is 3.40. The van der Waals surface area contributed by atoms with Crippen molar-refractivity contribution in [3.05, 3.63) is 60.8 Å². The predicted molar refractivity (Wildman–Crippen MR) is 106 cm³/mol. The maximum Gasteiger partial charge on any atom is 0.246 e. The van der Waals surface area contributed by atoms with E-state index in [9.17, 15) is 22.0 Å². The number of pyridine rings is 1. The van der Waals surface area contributed by atoms with E-state index in [0.29, 0.717) is 17.6 Å². The molecule has 0 saturated carbocycles. The van der Waals surface area contributed by atoms with Crippen LogP contribution < -0.4 is 5.32 Å². The quantitative estimate of drug-likeness (QED) is 0.639. The van der Waals surface area contributed by atoms with Crippen LogP contribution in [0.4, 0.5) is 14.5 Å². The number of carbonyl (C=O) groups excluding carboxylic acids is 1. The maximum atomic E-state index is 14.0. The van der Waals surface area contributed by atoms with Gasteiger partial charge in [0.25, 0.3) is 0 Å². The zero-order chi connectivity index (χ0) is 22.0. The molecule has 1 aromatic carbocycles. The Morgan fingerprint density at radius 2 is 1.94 bits per heavy atom. The molecule has 31 heavy (non-hydrogen) atoms. The minimum absolute atomic E-state index is 0.0132. The molecule has 1 aliphatic heterocycles. The Bertz CT molecular complexity index is 1200. The Labute approximate surface area is 176 Å². The molecule has 1 N–H and O–H groups in total. The van der Waals surface area contributed by atoms with Crippen LogP contribution in [0, 0.1) is 17.6 Å². The molecule has 12 heteroatoms. The molecule has 0 aliphatic carbocycles. The Kier molecular flexibility index (Phi) is 5.74. The Morgan fingerprint density at radius 1 is 1.16 bits per heavy atom. The van der Waals surface area contributed by atoms with Crippen LogP contribution in [0.3, 0.4) is 0 Å². The lowest BCUT2D eigenvalue weighted by atomic mass is 9.97. The van der Waals surface area contributed by atoms with Gasteiger partial charge in [-0.3, -0.25) is 4.79 Å². The molecule has 3 aromatic rings. The Hall–Kier alpha value is -3.25. The van der Waals surface area contributed by atoms with Gasteiger partial charge in [0.05, 0.1) is 5.69 Å². The number of anilines is 1. The highest BCUT2D eigenvalue weighted by molar-refractivity contribution is 7.89. The van der Waals surface area contributed by atoms with Crippen LogP contribution in [0.15, 0.2) is 54.1 Å². The molecule has 2 aromatic heterocycles. The Morgan fingerprint density at radius 3 is 2.65 bits per heavy atom. The summed E-state index contributed by atoms with van der Waals surface area (Å²) >= 11 is 0. The number of aromatic nitrogens is 4. The fraction of sp³-hybridized carbons (Fsp3) is 0.263. The average Bonchev–Trinajstić information content (AvgIpc) is 3.30. The molecule has 3 heterocycles. The van der Waals surface area contributed by atoms with Gasteiger partial charge in [-0.1, -0.05) is 0 Å². The van der Waals surface area contributed by atoms with E-state index in [1.165, 1.54) is 17.3 Å². The summed E-state index contributed by atoms with van der Waals surface area (Å²) in [6.07, 6.45) is 4.83. The number of carbonyl (C=O) groups is 1. The second-order valence-corrected chi connectivity index (χ2v) is 8.86. The van der Waals surface area contributed by atoms with Gasteiger partial charge in [0.2, 0.25) is 15.9 Å². The van der Waals surface area contributed by atoms with E-state index >= 15 is 0 Å². The number of sulfonamides is 1. The smallest absolute Gasteiger partial charge is 0.246 e. The monoisotopic (exact) mass is 448 g/mol. The number of piperidine rings is 1. The van der Waals surface area contributed by atoms with E-state index in [1.807, 2.05) is 0 Å². The standard InChI is InChI=1S/C19H18F2N6O3S/c20-14-3-4-15(21)17(10-14)31(29,30)26-8-5-13(6-9-26)19(28)25-16-2-1-7-23-18(16)27-12-22-11-24-27/h1-4,7,10-13H,5-6,8-9H2,(H,25,28). The van der Waals surface area contributed by atoms with Gasteiger partial charge in [0, 0.05) is 25.2 Å². The maximum absolute atomic E-state index is 14.0. The fourth-order valence-corrected chi connectivity index (χ4v) is 4.95. The van der Waals surface area contributed by atoms with Crippen LogP contribution in [0.2, 0.25) is 0 Å². The highest BCUT2D eigenvalue weighted by atomic mass is 32.2. The molecular formula is C19H18F2N6O3S. The van der Waals surface area contributed by atoms with Crippen molar-refractivity contribution in [1.29, 1.82) is 0 Å². The molecule has 0 radical (unpaired) electrons. The summed E-state index contributed by atoms with van der Waals surface area (Å²) in [6, 6.07) is 5.64. The molecule has 9 nitrogen and oxygen atoms in total. The normalized spacial score (nSPS) is 15.7.